The summed E-state index contributed by atoms with van der Waals surface area (Å²) < 4.78 is 19.4. The Labute approximate surface area is 209 Å². The number of hydrogen-bond donors (Lipinski definition) is 1. The van der Waals surface area contributed by atoms with Crippen LogP contribution < -0.4 is 0 Å². The van der Waals surface area contributed by atoms with Crippen LogP contribution in [0.15, 0.2) is 30.3 Å². The van der Waals surface area contributed by atoms with Gasteiger partial charge in [-0.3, -0.25) is 19.5 Å². The molecule has 2 aliphatic heterocycles. The first kappa shape index (κ1) is 24.4. The molecular formula is C26H32FN5O4. The minimum Gasteiger partial charge on any atom is -0.374 e. The smallest absolute Gasteiger partial charge is 0.272 e. The number of aromatic amines is 1. The van der Waals surface area contributed by atoms with Crippen LogP contribution in [0.3, 0.4) is 0 Å². The molecule has 0 spiro atoms. The van der Waals surface area contributed by atoms with Crippen LogP contribution >= 0.6 is 0 Å². The number of nitrogens with one attached hydrogen (secondary N) is 1. The molecule has 3 heterocycles. The molecule has 10 heteroatoms. The van der Waals surface area contributed by atoms with Crippen LogP contribution in [0.4, 0.5) is 4.39 Å². The Kier molecular flexibility index (Phi) is 7.31. The fourth-order valence-corrected chi connectivity index (χ4v) is 4.77. The zero-order valence-corrected chi connectivity index (χ0v) is 20.3. The highest BCUT2D eigenvalue weighted by atomic mass is 19.1. The molecule has 0 radical (unpaired) electrons. The van der Waals surface area contributed by atoms with Crippen LogP contribution in [-0.2, 0) is 14.3 Å². The fourth-order valence-electron chi connectivity index (χ4n) is 4.77. The fraction of sp³-hybridized carbons (Fsp3) is 0.538. The highest BCUT2D eigenvalue weighted by Crippen LogP contribution is 2.29. The zero-order valence-electron chi connectivity index (χ0n) is 20.3. The summed E-state index contributed by atoms with van der Waals surface area (Å²) in [6, 6.07) is 7.51. The van der Waals surface area contributed by atoms with Gasteiger partial charge in [-0.25, -0.2) is 4.39 Å². The minimum absolute atomic E-state index is 0.0460. The van der Waals surface area contributed by atoms with Crippen molar-refractivity contribution in [2.24, 2.45) is 5.92 Å². The van der Waals surface area contributed by atoms with Crippen molar-refractivity contribution >= 4 is 17.7 Å². The maximum atomic E-state index is 13.3. The van der Waals surface area contributed by atoms with Gasteiger partial charge in [-0.1, -0.05) is 0 Å². The number of hydrogen-bond acceptors (Lipinski definition) is 5. The summed E-state index contributed by atoms with van der Waals surface area (Å²) in [5.41, 5.74) is 1.48. The Hall–Kier alpha value is -3.27. The van der Waals surface area contributed by atoms with Gasteiger partial charge < -0.3 is 19.4 Å². The molecule has 3 aliphatic rings. The van der Waals surface area contributed by atoms with Crippen molar-refractivity contribution in [2.75, 3.05) is 45.9 Å². The number of carbonyl (C=O) groups is 3. The highest BCUT2D eigenvalue weighted by molar-refractivity contribution is 5.96. The van der Waals surface area contributed by atoms with Crippen molar-refractivity contribution < 1.29 is 23.5 Å². The zero-order chi connectivity index (χ0) is 25.1. The molecule has 1 aromatic heterocycles. The van der Waals surface area contributed by atoms with Crippen molar-refractivity contribution in [3.05, 3.63) is 41.8 Å². The normalized spacial score (nSPS) is 20.8. The number of carbonyl (C=O) groups excluding carboxylic acids is 3. The predicted octanol–water partition coefficient (Wildman–Crippen LogP) is 2.31. The van der Waals surface area contributed by atoms with Crippen LogP contribution in [0, 0.1) is 11.7 Å². The molecule has 3 fully saturated rings. The van der Waals surface area contributed by atoms with Crippen molar-refractivity contribution in [2.45, 2.75) is 38.2 Å². The molecule has 2 saturated heterocycles. The summed E-state index contributed by atoms with van der Waals surface area (Å²) in [5.74, 6) is -0.0593. The van der Waals surface area contributed by atoms with Gasteiger partial charge in [0.15, 0.2) is 0 Å². The third kappa shape index (κ3) is 5.92. The highest BCUT2D eigenvalue weighted by Gasteiger charge is 2.33. The molecule has 1 atom stereocenters. The molecule has 36 heavy (non-hydrogen) atoms. The maximum absolute atomic E-state index is 13.3. The molecule has 192 valence electrons. The number of aromatic nitrogens is 2. The summed E-state index contributed by atoms with van der Waals surface area (Å²) in [6.45, 7) is 3.26. The van der Waals surface area contributed by atoms with E-state index < -0.39 is 0 Å². The van der Waals surface area contributed by atoms with Gasteiger partial charge in [0, 0.05) is 51.3 Å². The van der Waals surface area contributed by atoms with Crippen LogP contribution in [-0.4, -0.2) is 94.6 Å². The Morgan fingerprint density at radius 2 is 1.86 bits per heavy atom. The van der Waals surface area contributed by atoms with E-state index >= 15 is 0 Å². The second-order valence-corrected chi connectivity index (χ2v) is 9.94. The van der Waals surface area contributed by atoms with Crippen molar-refractivity contribution in [3.63, 3.8) is 0 Å². The molecule has 3 amide bonds. The minimum atomic E-state index is -0.345. The lowest BCUT2D eigenvalue weighted by atomic mass is 10.1. The summed E-state index contributed by atoms with van der Waals surface area (Å²) in [6.07, 6.45) is 4.22. The van der Waals surface area contributed by atoms with E-state index in [2.05, 4.69) is 10.2 Å². The first-order valence-electron chi connectivity index (χ1n) is 12.7. The van der Waals surface area contributed by atoms with E-state index in [1.807, 2.05) is 4.90 Å². The molecule has 2 aromatic rings. The van der Waals surface area contributed by atoms with Gasteiger partial charge >= 0.3 is 0 Å². The van der Waals surface area contributed by atoms with Gasteiger partial charge in [-0.15, -0.1) is 0 Å². The van der Waals surface area contributed by atoms with Crippen LogP contribution in [0.25, 0.3) is 11.3 Å². The van der Waals surface area contributed by atoms with Crippen LogP contribution in [0.1, 0.15) is 42.6 Å². The third-order valence-corrected chi connectivity index (χ3v) is 7.05. The summed E-state index contributed by atoms with van der Waals surface area (Å²) in [5, 5.41) is 6.98. The summed E-state index contributed by atoms with van der Waals surface area (Å²) in [4.78, 5) is 43.5. The number of ether oxygens (including phenoxy) is 1. The van der Waals surface area contributed by atoms with E-state index in [1.165, 1.54) is 17.0 Å². The molecular weight excluding hydrogens is 465 g/mol. The van der Waals surface area contributed by atoms with Crippen molar-refractivity contribution in [3.8, 4) is 11.3 Å². The van der Waals surface area contributed by atoms with Gasteiger partial charge in [-0.2, -0.15) is 5.10 Å². The van der Waals surface area contributed by atoms with Crippen LogP contribution in [0.2, 0.25) is 0 Å². The molecule has 1 aromatic carbocycles. The first-order valence-corrected chi connectivity index (χ1v) is 12.7. The largest absolute Gasteiger partial charge is 0.374 e. The lowest BCUT2D eigenvalue weighted by molar-refractivity contribution is -0.131. The van der Waals surface area contributed by atoms with Gasteiger partial charge in [0.25, 0.3) is 5.91 Å². The maximum Gasteiger partial charge on any atom is 0.272 e. The van der Waals surface area contributed by atoms with Gasteiger partial charge in [-0.05, 0) is 61.9 Å². The first-order chi connectivity index (χ1) is 17.5. The van der Waals surface area contributed by atoms with E-state index in [-0.39, 0.29) is 41.9 Å². The monoisotopic (exact) mass is 497 g/mol. The lowest BCUT2D eigenvalue weighted by Gasteiger charge is -2.25. The van der Waals surface area contributed by atoms with Gasteiger partial charge in [0.2, 0.25) is 11.8 Å². The van der Waals surface area contributed by atoms with E-state index in [4.69, 9.17) is 4.74 Å². The molecule has 1 unspecified atom stereocenters. The number of H-pyrrole nitrogens is 1. The van der Waals surface area contributed by atoms with E-state index in [0.717, 1.165) is 25.8 Å². The third-order valence-electron chi connectivity index (χ3n) is 7.05. The quantitative estimate of drug-likeness (QED) is 0.573. The molecule has 9 nitrogen and oxygen atoms in total. The Morgan fingerprint density at radius 3 is 2.58 bits per heavy atom. The summed E-state index contributed by atoms with van der Waals surface area (Å²) in [7, 11) is 0. The molecule has 1 N–H and O–H groups in total. The van der Waals surface area contributed by atoms with Gasteiger partial charge in [0.1, 0.15) is 18.1 Å². The average Bonchev–Trinajstić information content (AvgIpc) is 3.46. The molecule has 5 rings (SSSR count). The number of likely N-dealkylation sites (tertiary alicyclic amines) is 1. The van der Waals surface area contributed by atoms with Crippen molar-refractivity contribution in [1.82, 2.24) is 24.9 Å². The molecule has 1 aliphatic carbocycles. The Balaban J connectivity index is 1.25. The van der Waals surface area contributed by atoms with Gasteiger partial charge in [0.05, 0.1) is 11.8 Å². The number of benzene rings is 1. The number of amides is 3. The second-order valence-electron chi connectivity index (χ2n) is 9.94. The average molecular weight is 498 g/mol. The molecule has 1 saturated carbocycles. The van der Waals surface area contributed by atoms with E-state index in [0.29, 0.717) is 62.8 Å². The Bertz CT molecular complexity index is 1100. The lowest BCUT2D eigenvalue weighted by Crippen LogP contribution is -2.40. The topological polar surface area (TPSA) is 98.8 Å². The van der Waals surface area contributed by atoms with E-state index in [1.54, 1.807) is 23.1 Å². The Morgan fingerprint density at radius 1 is 1.08 bits per heavy atom. The number of nitrogens with zero attached hydrogens (tertiary/aromatic N) is 4. The number of rotatable bonds is 9. The standard InChI is InChI=1S/C26H32FN5O4/c27-20-8-6-19(7-9-20)22-13-23(29-28-22)26(35)32-15-21(36-17-18-4-5-18)14-31(25(34)16-32)12-2-11-30-10-1-3-24(30)33/h6-9,13,18,21H,1-5,10-12,14-17H2,(H,28,29). The summed E-state index contributed by atoms with van der Waals surface area (Å²) >= 11 is 0. The molecule has 0 bridgehead atoms. The van der Waals surface area contributed by atoms with E-state index in [9.17, 15) is 18.8 Å². The number of halogens is 1. The van der Waals surface area contributed by atoms with Crippen LogP contribution in [0.5, 0.6) is 0 Å². The predicted molar refractivity (Wildman–Crippen MR) is 129 cm³/mol. The SMILES string of the molecule is O=C1CCCN1CCCN1CC(OCC2CC2)CN(C(=O)c2cc(-c3ccc(F)cc3)n[nH]2)CC1=O. The second kappa shape index (κ2) is 10.8. The van der Waals surface area contributed by atoms with Crippen molar-refractivity contribution in [1.29, 1.82) is 0 Å².